The first-order valence-corrected chi connectivity index (χ1v) is 7.05. The van der Waals surface area contributed by atoms with E-state index in [2.05, 4.69) is 12.2 Å². The molecule has 100 valence electrons. The second kappa shape index (κ2) is 7.00. The summed E-state index contributed by atoms with van der Waals surface area (Å²) in [5, 5.41) is 12.5. The fourth-order valence-electron chi connectivity index (χ4n) is 2.60. The fourth-order valence-corrected chi connectivity index (χ4v) is 2.60. The van der Waals surface area contributed by atoms with Crippen molar-refractivity contribution >= 4 is 5.91 Å². The SMILES string of the molecule is CCCC(O)CNC(=O)C1(C)CCCCCC1. The van der Waals surface area contributed by atoms with Crippen LogP contribution in [-0.4, -0.2) is 23.7 Å². The Balaban J connectivity index is 2.39. The maximum atomic E-state index is 12.2. The van der Waals surface area contributed by atoms with Gasteiger partial charge >= 0.3 is 0 Å². The number of nitrogens with one attached hydrogen (secondary N) is 1. The maximum Gasteiger partial charge on any atom is 0.226 e. The van der Waals surface area contributed by atoms with Gasteiger partial charge in [-0.2, -0.15) is 0 Å². The third-order valence-corrected chi connectivity index (χ3v) is 3.88. The molecule has 2 N–H and O–H groups in total. The number of carbonyl (C=O) groups excluding carboxylic acids is 1. The van der Waals surface area contributed by atoms with Crippen LogP contribution >= 0.6 is 0 Å². The summed E-state index contributed by atoms with van der Waals surface area (Å²) in [5.41, 5.74) is -0.206. The van der Waals surface area contributed by atoms with Gasteiger partial charge in [0, 0.05) is 12.0 Å². The molecule has 1 aliphatic carbocycles. The van der Waals surface area contributed by atoms with Gasteiger partial charge in [0.2, 0.25) is 5.91 Å². The van der Waals surface area contributed by atoms with Crippen LogP contribution in [0, 0.1) is 5.41 Å². The Bertz CT molecular complexity index is 232. The Morgan fingerprint density at radius 1 is 1.29 bits per heavy atom. The van der Waals surface area contributed by atoms with Crippen LogP contribution in [0.2, 0.25) is 0 Å². The van der Waals surface area contributed by atoms with E-state index >= 15 is 0 Å². The molecule has 1 atom stereocenters. The molecule has 3 nitrogen and oxygen atoms in total. The zero-order chi connectivity index (χ0) is 12.7. The first-order chi connectivity index (χ1) is 8.08. The Kier molecular flexibility index (Phi) is 5.96. The minimum Gasteiger partial charge on any atom is -0.391 e. The second-order valence-electron chi connectivity index (χ2n) is 5.63. The van der Waals surface area contributed by atoms with E-state index in [4.69, 9.17) is 0 Å². The summed E-state index contributed by atoms with van der Waals surface area (Å²) in [5.74, 6) is 0.134. The molecule has 1 saturated carbocycles. The van der Waals surface area contributed by atoms with Crippen molar-refractivity contribution in [3.8, 4) is 0 Å². The van der Waals surface area contributed by atoms with Gasteiger partial charge in [0.25, 0.3) is 0 Å². The third-order valence-electron chi connectivity index (χ3n) is 3.88. The van der Waals surface area contributed by atoms with Gasteiger partial charge in [-0.3, -0.25) is 4.79 Å². The van der Waals surface area contributed by atoms with Crippen molar-refractivity contribution < 1.29 is 9.90 Å². The molecule has 0 spiro atoms. The van der Waals surface area contributed by atoms with E-state index in [1.807, 2.05) is 6.92 Å². The van der Waals surface area contributed by atoms with Crippen LogP contribution < -0.4 is 5.32 Å². The minimum absolute atomic E-state index is 0.134. The molecule has 17 heavy (non-hydrogen) atoms. The molecule has 0 heterocycles. The summed E-state index contributed by atoms with van der Waals surface area (Å²) in [7, 11) is 0. The lowest BCUT2D eigenvalue weighted by Gasteiger charge is -2.27. The first-order valence-electron chi connectivity index (χ1n) is 7.05. The number of carbonyl (C=O) groups is 1. The van der Waals surface area contributed by atoms with Crippen LogP contribution in [0.4, 0.5) is 0 Å². The van der Waals surface area contributed by atoms with Gasteiger partial charge in [-0.05, 0) is 19.3 Å². The van der Waals surface area contributed by atoms with Crippen molar-refractivity contribution in [1.29, 1.82) is 0 Å². The van der Waals surface area contributed by atoms with Gasteiger partial charge in [-0.1, -0.05) is 46.0 Å². The normalized spacial score (nSPS) is 21.6. The van der Waals surface area contributed by atoms with Crippen LogP contribution in [0.3, 0.4) is 0 Å². The molecule has 1 amide bonds. The smallest absolute Gasteiger partial charge is 0.226 e. The van der Waals surface area contributed by atoms with Crippen LogP contribution in [0.25, 0.3) is 0 Å². The summed E-state index contributed by atoms with van der Waals surface area (Å²) in [4.78, 5) is 12.2. The van der Waals surface area contributed by atoms with Crippen LogP contribution in [0.15, 0.2) is 0 Å². The van der Waals surface area contributed by atoms with E-state index in [-0.39, 0.29) is 11.3 Å². The molecule has 0 aromatic heterocycles. The first kappa shape index (κ1) is 14.5. The molecule has 1 fully saturated rings. The Morgan fingerprint density at radius 2 is 1.88 bits per heavy atom. The zero-order valence-electron chi connectivity index (χ0n) is 11.3. The molecule has 0 aliphatic heterocycles. The van der Waals surface area contributed by atoms with Gasteiger partial charge in [-0.25, -0.2) is 0 Å². The second-order valence-corrected chi connectivity index (χ2v) is 5.63. The number of aliphatic hydroxyl groups excluding tert-OH is 1. The van der Waals surface area contributed by atoms with E-state index in [1.165, 1.54) is 12.8 Å². The lowest BCUT2D eigenvalue weighted by molar-refractivity contribution is -0.131. The Hall–Kier alpha value is -0.570. The summed E-state index contributed by atoms with van der Waals surface area (Å²) in [6.07, 6.45) is 8.11. The molecule has 1 unspecified atom stereocenters. The van der Waals surface area contributed by atoms with E-state index in [1.54, 1.807) is 0 Å². The fraction of sp³-hybridized carbons (Fsp3) is 0.929. The van der Waals surface area contributed by atoms with Crippen LogP contribution in [0.1, 0.15) is 65.2 Å². The van der Waals surface area contributed by atoms with E-state index in [0.29, 0.717) is 6.54 Å². The number of hydrogen-bond acceptors (Lipinski definition) is 2. The van der Waals surface area contributed by atoms with Crippen molar-refractivity contribution in [3.05, 3.63) is 0 Å². The molecule has 0 aromatic carbocycles. The molecule has 0 radical (unpaired) electrons. The van der Waals surface area contributed by atoms with Crippen molar-refractivity contribution in [2.75, 3.05) is 6.54 Å². The van der Waals surface area contributed by atoms with E-state index < -0.39 is 6.10 Å². The third kappa shape index (κ3) is 4.66. The predicted molar refractivity (Wildman–Crippen MR) is 69.7 cm³/mol. The van der Waals surface area contributed by atoms with Crippen LogP contribution in [0.5, 0.6) is 0 Å². The number of hydrogen-bond donors (Lipinski definition) is 2. The van der Waals surface area contributed by atoms with Gasteiger partial charge < -0.3 is 10.4 Å². The molecular formula is C14H27NO2. The number of amides is 1. The molecule has 3 heteroatoms. The summed E-state index contributed by atoms with van der Waals surface area (Å²) < 4.78 is 0. The maximum absolute atomic E-state index is 12.2. The highest BCUT2D eigenvalue weighted by molar-refractivity contribution is 5.82. The van der Waals surface area contributed by atoms with E-state index in [9.17, 15) is 9.90 Å². The van der Waals surface area contributed by atoms with Gasteiger partial charge in [-0.15, -0.1) is 0 Å². The largest absolute Gasteiger partial charge is 0.391 e. The number of aliphatic hydroxyl groups is 1. The zero-order valence-corrected chi connectivity index (χ0v) is 11.3. The Morgan fingerprint density at radius 3 is 2.41 bits per heavy atom. The molecule has 0 saturated heterocycles. The summed E-state index contributed by atoms with van der Waals surface area (Å²) in [6, 6.07) is 0. The highest BCUT2D eigenvalue weighted by Gasteiger charge is 2.33. The van der Waals surface area contributed by atoms with Gasteiger partial charge in [0.05, 0.1) is 6.10 Å². The molecule has 0 bridgehead atoms. The lowest BCUT2D eigenvalue weighted by atomic mass is 9.81. The standard InChI is InChI=1S/C14H27NO2/c1-3-8-12(16)11-15-13(17)14(2)9-6-4-5-7-10-14/h12,16H,3-11H2,1-2H3,(H,15,17). The summed E-state index contributed by atoms with van der Waals surface area (Å²) in [6.45, 7) is 4.51. The highest BCUT2D eigenvalue weighted by atomic mass is 16.3. The van der Waals surface area contributed by atoms with Crippen molar-refractivity contribution in [2.45, 2.75) is 71.3 Å². The average Bonchev–Trinajstić information content (AvgIpc) is 2.52. The topological polar surface area (TPSA) is 49.3 Å². The summed E-state index contributed by atoms with van der Waals surface area (Å²) >= 11 is 0. The lowest BCUT2D eigenvalue weighted by Crippen LogP contribution is -2.42. The number of rotatable bonds is 5. The Labute approximate surface area is 105 Å². The van der Waals surface area contributed by atoms with Crippen molar-refractivity contribution in [1.82, 2.24) is 5.32 Å². The van der Waals surface area contributed by atoms with Crippen molar-refractivity contribution in [2.24, 2.45) is 5.41 Å². The van der Waals surface area contributed by atoms with Crippen molar-refractivity contribution in [3.63, 3.8) is 0 Å². The van der Waals surface area contributed by atoms with Gasteiger partial charge in [0.1, 0.15) is 0 Å². The highest BCUT2D eigenvalue weighted by Crippen LogP contribution is 2.34. The van der Waals surface area contributed by atoms with Gasteiger partial charge in [0.15, 0.2) is 0 Å². The minimum atomic E-state index is -0.390. The van der Waals surface area contributed by atoms with Crippen LogP contribution in [-0.2, 0) is 4.79 Å². The average molecular weight is 241 g/mol. The molecule has 1 aliphatic rings. The predicted octanol–water partition coefficient (Wildman–Crippen LogP) is 2.62. The molecule has 1 rings (SSSR count). The monoisotopic (exact) mass is 241 g/mol. The quantitative estimate of drug-likeness (QED) is 0.727. The molecular weight excluding hydrogens is 214 g/mol. The van der Waals surface area contributed by atoms with E-state index in [0.717, 1.165) is 38.5 Å². The molecule has 0 aromatic rings.